The number of carbonyl (C=O) groups is 3. The molecule has 0 aromatic heterocycles. The lowest BCUT2D eigenvalue weighted by atomic mass is 10.2. The van der Waals surface area contributed by atoms with Crippen molar-refractivity contribution in [2.24, 2.45) is 5.73 Å². The number of nitrogens with two attached hydrogens (primary N) is 1. The second-order valence-electron chi connectivity index (χ2n) is 4.03. The number of hydrogen-bond acceptors (Lipinski definition) is 5. The SMILES string of the molecule is CC(C)NC(=O)C(CC(=O)O)SCC(N)C(=O)O. The third-order valence-electron chi connectivity index (χ3n) is 1.88. The number of amides is 1. The van der Waals surface area contributed by atoms with Gasteiger partial charge in [0.2, 0.25) is 5.91 Å². The zero-order chi connectivity index (χ0) is 14.3. The molecule has 0 saturated heterocycles. The van der Waals surface area contributed by atoms with E-state index in [1.54, 1.807) is 13.8 Å². The van der Waals surface area contributed by atoms with Crippen LogP contribution < -0.4 is 11.1 Å². The summed E-state index contributed by atoms with van der Waals surface area (Å²) in [5.74, 6) is -2.73. The average molecular weight is 278 g/mol. The highest BCUT2D eigenvalue weighted by Crippen LogP contribution is 2.16. The number of thioether (sulfide) groups is 1. The summed E-state index contributed by atoms with van der Waals surface area (Å²) >= 11 is 0.938. The van der Waals surface area contributed by atoms with Gasteiger partial charge in [-0.05, 0) is 13.8 Å². The Morgan fingerprint density at radius 1 is 1.28 bits per heavy atom. The van der Waals surface area contributed by atoms with Crippen LogP contribution in [0.25, 0.3) is 0 Å². The molecule has 104 valence electrons. The lowest BCUT2D eigenvalue weighted by molar-refractivity contribution is -0.138. The van der Waals surface area contributed by atoms with Gasteiger partial charge in [-0.1, -0.05) is 0 Å². The minimum atomic E-state index is -1.18. The maximum Gasteiger partial charge on any atom is 0.321 e. The van der Waals surface area contributed by atoms with Gasteiger partial charge in [-0.15, -0.1) is 11.8 Å². The molecule has 5 N–H and O–H groups in total. The lowest BCUT2D eigenvalue weighted by Gasteiger charge is -2.17. The molecule has 0 saturated carbocycles. The van der Waals surface area contributed by atoms with Gasteiger partial charge in [0.05, 0.1) is 11.7 Å². The number of aliphatic carboxylic acids is 2. The molecule has 0 radical (unpaired) electrons. The molecule has 2 atom stereocenters. The molecule has 7 nitrogen and oxygen atoms in total. The highest BCUT2D eigenvalue weighted by atomic mass is 32.2. The summed E-state index contributed by atoms with van der Waals surface area (Å²) < 4.78 is 0. The first kappa shape index (κ1) is 16.7. The predicted octanol–water partition coefficient (Wildman–Crippen LogP) is -0.501. The van der Waals surface area contributed by atoms with Gasteiger partial charge in [-0.3, -0.25) is 14.4 Å². The van der Waals surface area contributed by atoms with Gasteiger partial charge in [-0.25, -0.2) is 0 Å². The number of nitrogens with one attached hydrogen (secondary N) is 1. The third-order valence-corrected chi connectivity index (χ3v) is 3.21. The summed E-state index contributed by atoms with van der Waals surface area (Å²) in [5.41, 5.74) is 5.30. The monoisotopic (exact) mass is 278 g/mol. The van der Waals surface area contributed by atoms with Crippen molar-refractivity contribution >= 4 is 29.6 Å². The first-order chi connectivity index (χ1) is 8.23. The Morgan fingerprint density at radius 2 is 1.83 bits per heavy atom. The van der Waals surface area contributed by atoms with Crippen LogP contribution in [0.2, 0.25) is 0 Å². The lowest BCUT2D eigenvalue weighted by Crippen LogP contribution is -2.40. The molecular weight excluding hydrogens is 260 g/mol. The Bertz CT molecular complexity index is 321. The molecule has 0 aliphatic heterocycles. The van der Waals surface area contributed by atoms with Crippen molar-refractivity contribution in [3.63, 3.8) is 0 Å². The number of carbonyl (C=O) groups excluding carboxylic acids is 1. The quantitative estimate of drug-likeness (QED) is 0.471. The van der Waals surface area contributed by atoms with Gasteiger partial charge in [0.15, 0.2) is 0 Å². The molecule has 1 amide bonds. The zero-order valence-electron chi connectivity index (χ0n) is 10.3. The van der Waals surface area contributed by atoms with Crippen molar-refractivity contribution in [1.29, 1.82) is 0 Å². The Kier molecular flexibility index (Phi) is 7.37. The van der Waals surface area contributed by atoms with E-state index >= 15 is 0 Å². The van der Waals surface area contributed by atoms with E-state index in [2.05, 4.69) is 5.32 Å². The summed E-state index contributed by atoms with van der Waals surface area (Å²) in [5, 5.41) is 19.1. The number of rotatable bonds is 8. The summed E-state index contributed by atoms with van der Waals surface area (Å²) in [6.07, 6.45) is -0.366. The third kappa shape index (κ3) is 7.13. The van der Waals surface area contributed by atoms with Crippen LogP contribution in [0.5, 0.6) is 0 Å². The van der Waals surface area contributed by atoms with Gasteiger partial charge in [-0.2, -0.15) is 0 Å². The fourth-order valence-electron chi connectivity index (χ4n) is 1.05. The van der Waals surface area contributed by atoms with E-state index in [-0.39, 0.29) is 18.2 Å². The molecule has 18 heavy (non-hydrogen) atoms. The van der Waals surface area contributed by atoms with Gasteiger partial charge < -0.3 is 21.3 Å². The molecule has 0 heterocycles. The second kappa shape index (κ2) is 7.93. The fourth-order valence-corrected chi connectivity index (χ4v) is 2.12. The summed E-state index contributed by atoms with van der Waals surface area (Å²) in [6.45, 7) is 3.51. The minimum Gasteiger partial charge on any atom is -0.481 e. The molecule has 2 unspecified atom stereocenters. The van der Waals surface area contributed by atoms with E-state index in [1.807, 2.05) is 0 Å². The highest BCUT2D eigenvalue weighted by molar-refractivity contribution is 8.00. The van der Waals surface area contributed by atoms with E-state index in [0.29, 0.717) is 0 Å². The van der Waals surface area contributed by atoms with E-state index < -0.39 is 29.1 Å². The van der Waals surface area contributed by atoms with E-state index in [9.17, 15) is 14.4 Å². The smallest absolute Gasteiger partial charge is 0.321 e. The van der Waals surface area contributed by atoms with E-state index in [1.165, 1.54) is 0 Å². The molecule has 0 fully saturated rings. The van der Waals surface area contributed by atoms with E-state index in [0.717, 1.165) is 11.8 Å². The van der Waals surface area contributed by atoms with Crippen molar-refractivity contribution in [3.8, 4) is 0 Å². The first-order valence-electron chi connectivity index (χ1n) is 5.36. The topological polar surface area (TPSA) is 130 Å². The molecule has 0 rings (SSSR count). The van der Waals surface area contributed by atoms with Crippen LogP contribution in [0.15, 0.2) is 0 Å². The van der Waals surface area contributed by atoms with Crippen molar-refractivity contribution in [1.82, 2.24) is 5.32 Å². The maximum absolute atomic E-state index is 11.7. The highest BCUT2D eigenvalue weighted by Gasteiger charge is 2.24. The van der Waals surface area contributed by atoms with Crippen LogP contribution in [0.4, 0.5) is 0 Å². The number of carboxylic acid groups (broad SMARTS) is 2. The molecule has 0 aliphatic carbocycles. The van der Waals surface area contributed by atoms with Gasteiger partial charge in [0, 0.05) is 11.8 Å². The number of hydrogen-bond donors (Lipinski definition) is 4. The van der Waals surface area contributed by atoms with Crippen LogP contribution in [-0.4, -0.2) is 51.1 Å². The largest absolute Gasteiger partial charge is 0.481 e. The average Bonchev–Trinajstić information content (AvgIpc) is 2.21. The zero-order valence-corrected chi connectivity index (χ0v) is 11.1. The Labute approximate surface area is 109 Å². The fraction of sp³-hybridized carbons (Fsp3) is 0.700. The summed E-state index contributed by atoms with van der Waals surface area (Å²) in [4.78, 5) is 32.9. The van der Waals surface area contributed by atoms with Crippen LogP contribution >= 0.6 is 11.8 Å². The Hall–Kier alpha value is -1.28. The number of carboxylic acids is 2. The molecule has 0 aliphatic rings. The van der Waals surface area contributed by atoms with E-state index in [4.69, 9.17) is 15.9 Å². The Morgan fingerprint density at radius 3 is 2.22 bits per heavy atom. The molecule has 8 heteroatoms. The Balaban J connectivity index is 4.44. The first-order valence-corrected chi connectivity index (χ1v) is 6.41. The molecule has 0 aromatic carbocycles. The second-order valence-corrected chi connectivity index (χ2v) is 5.26. The van der Waals surface area contributed by atoms with Crippen LogP contribution in [0, 0.1) is 0 Å². The van der Waals surface area contributed by atoms with Crippen LogP contribution in [0.3, 0.4) is 0 Å². The molecular formula is C10H18N2O5S. The molecule has 0 bridgehead atoms. The molecule has 0 spiro atoms. The van der Waals surface area contributed by atoms with Gasteiger partial charge in [0.25, 0.3) is 0 Å². The molecule has 0 aromatic rings. The normalized spacial score (nSPS) is 14.0. The summed E-state index contributed by atoms with van der Waals surface area (Å²) in [7, 11) is 0. The van der Waals surface area contributed by atoms with Crippen molar-refractivity contribution < 1.29 is 24.6 Å². The maximum atomic E-state index is 11.7. The van der Waals surface area contributed by atoms with Gasteiger partial charge >= 0.3 is 11.9 Å². The minimum absolute atomic E-state index is 0.0151. The van der Waals surface area contributed by atoms with Crippen molar-refractivity contribution in [3.05, 3.63) is 0 Å². The standard InChI is InChI=1S/C10H18N2O5S/c1-5(2)12-9(15)7(3-8(13)14)18-4-6(11)10(16)17/h5-7H,3-4,11H2,1-2H3,(H,12,15)(H,13,14)(H,16,17). The van der Waals surface area contributed by atoms with Crippen molar-refractivity contribution in [2.75, 3.05) is 5.75 Å². The van der Waals surface area contributed by atoms with Crippen LogP contribution in [0.1, 0.15) is 20.3 Å². The van der Waals surface area contributed by atoms with Crippen LogP contribution in [-0.2, 0) is 14.4 Å². The predicted molar refractivity (Wildman–Crippen MR) is 67.4 cm³/mol. The summed E-state index contributed by atoms with van der Waals surface area (Å²) in [6, 6.07) is -1.22. The van der Waals surface area contributed by atoms with Gasteiger partial charge in [0.1, 0.15) is 6.04 Å². The van der Waals surface area contributed by atoms with Crippen molar-refractivity contribution in [2.45, 2.75) is 37.6 Å².